The van der Waals surface area contributed by atoms with Gasteiger partial charge in [-0.25, -0.2) is 13.8 Å². The van der Waals surface area contributed by atoms with Crippen molar-refractivity contribution < 1.29 is 23.0 Å². The van der Waals surface area contributed by atoms with E-state index in [9.17, 15) is 13.6 Å². The van der Waals surface area contributed by atoms with E-state index in [-0.39, 0.29) is 41.5 Å². The van der Waals surface area contributed by atoms with Crippen molar-refractivity contribution in [3.05, 3.63) is 35.5 Å². The Balaban J connectivity index is 1.81. The molecular formula is C22H27F2N3O3. The molecule has 1 fully saturated rings. The SMILES string of the molecule is CCOC(=O)CC1CCN(c2c(F)cc(-c3nc(C)cc(OC(C)C)n3)cc2F)C1. The fraction of sp³-hybridized carbons (Fsp3) is 0.500. The van der Waals surface area contributed by atoms with Crippen LogP contribution in [-0.2, 0) is 9.53 Å². The third-order valence-electron chi connectivity index (χ3n) is 4.82. The van der Waals surface area contributed by atoms with E-state index in [0.29, 0.717) is 37.7 Å². The number of hydrogen-bond acceptors (Lipinski definition) is 6. The van der Waals surface area contributed by atoms with E-state index in [4.69, 9.17) is 9.47 Å². The summed E-state index contributed by atoms with van der Waals surface area (Å²) in [5.74, 6) is -1.07. The van der Waals surface area contributed by atoms with Gasteiger partial charge in [-0.15, -0.1) is 0 Å². The number of esters is 1. The first-order valence-corrected chi connectivity index (χ1v) is 10.2. The summed E-state index contributed by atoms with van der Waals surface area (Å²) in [5.41, 5.74) is 0.798. The summed E-state index contributed by atoms with van der Waals surface area (Å²) in [5, 5.41) is 0. The molecule has 0 saturated carbocycles. The van der Waals surface area contributed by atoms with Crippen molar-refractivity contribution in [3.8, 4) is 17.3 Å². The molecule has 1 aliphatic rings. The molecule has 1 aliphatic heterocycles. The molecule has 30 heavy (non-hydrogen) atoms. The highest BCUT2D eigenvalue weighted by Gasteiger charge is 2.29. The Morgan fingerprint density at radius 1 is 1.23 bits per heavy atom. The molecule has 2 aromatic rings. The van der Waals surface area contributed by atoms with E-state index in [1.165, 1.54) is 12.1 Å². The summed E-state index contributed by atoms with van der Waals surface area (Å²) < 4.78 is 40.4. The van der Waals surface area contributed by atoms with Gasteiger partial charge < -0.3 is 14.4 Å². The third-order valence-corrected chi connectivity index (χ3v) is 4.82. The number of aryl methyl sites for hydroxylation is 1. The van der Waals surface area contributed by atoms with Gasteiger partial charge in [-0.3, -0.25) is 4.79 Å². The van der Waals surface area contributed by atoms with Crippen molar-refractivity contribution in [2.24, 2.45) is 5.92 Å². The van der Waals surface area contributed by atoms with E-state index in [0.717, 1.165) is 0 Å². The second-order valence-corrected chi connectivity index (χ2v) is 7.74. The normalized spacial score (nSPS) is 16.2. The van der Waals surface area contributed by atoms with Crippen molar-refractivity contribution in [1.82, 2.24) is 9.97 Å². The average Bonchev–Trinajstić information content (AvgIpc) is 3.08. The first kappa shape index (κ1) is 21.9. The van der Waals surface area contributed by atoms with E-state index in [1.54, 1.807) is 24.8 Å². The fourth-order valence-electron chi connectivity index (χ4n) is 3.63. The summed E-state index contributed by atoms with van der Waals surface area (Å²) in [6, 6.07) is 4.16. The van der Waals surface area contributed by atoms with Gasteiger partial charge in [0.25, 0.3) is 0 Å². The molecule has 1 unspecified atom stereocenters. The number of anilines is 1. The molecule has 0 N–H and O–H groups in total. The van der Waals surface area contributed by atoms with Gasteiger partial charge in [0.15, 0.2) is 5.82 Å². The van der Waals surface area contributed by atoms with Crippen molar-refractivity contribution in [1.29, 1.82) is 0 Å². The van der Waals surface area contributed by atoms with Crippen LogP contribution in [0.1, 0.15) is 39.3 Å². The molecule has 1 saturated heterocycles. The maximum Gasteiger partial charge on any atom is 0.306 e. The third kappa shape index (κ3) is 5.23. The standard InChI is InChI=1S/C22H27F2N3O3/c1-5-29-20(28)9-15-6-7-27(12-15)21-17(23)10-16(11-18(21)24)22-25-14(4)8-19(26-22)30-13(2)3/h8,10-11,13,15H,5-7,9,12H2,1-4H3. The number of nitrogens with zero attached hydrogens (tertiary/aromatic N) is 3. The Bertz CT molecular complexity index is 897. The second kappa shape index (κ2) is 9.36. The Labute approximate surface area is 175 Å². The molecule has 0 amide bonds. The van der Waals surface area contributed by atoms with E-state index in [1.807, 2.05) is 13.8 Å². The lowest BCUT2D eigenvalue weighted by Gasteiger charge is -2.20. The largest absolute Gasteiger partial charge is 0.475 e. The molecule has 0 spiro atoms. The van der Waals surface area contributed by atoms with Gasteiger partial charge in [0.1, 0.15) is 17.3 Å². The van der Waals surface area contributed by atoms with Crippen LogP contribution in [0.15, 0.2) is 18.2 Å². The monoisotopic (exact) mass is 419 g/mol. The lowest BCUT2D eigenvalue weighted by molar-refractivity contribution is -0.144. The van der Waals surface area contributed by atoms with Crippen molar-refractivity contribution in [3.63, 3.8) is 0 Å². The van der Waals surface area contributed by atoms with Gasteiger partial charge in [-0.1, -0.05) is 0 Å². The van der Waals surface area contributed by atoms with Crippen LogP contribution >= 0.6 is 0 Å². The summed E-state index contributed by atoms with van der Waals surface area (Å²) in [6.07, 6.45) is 0.846. The smallest absolute Gasteiger partial charge is 0.306 e. The minimum atomic E-state index is -0.682. The Morgan fingerprint density at radius 3 is 2.57 bits per heavy atom. The highest BCUT2D eigenvalue weighted by atomic mass is 19.1. The summed E-state index contributed by atoms with van der Waals surface area (Å²) >= 11 is 0. The van der Waals surface area contributed by atoms with Gasteiger partial charge >= 0.3 is 5.97 Å². The molecule has 0 radical (unpaired) electrons. The van der Waals surface area contributed by atoms with Crippen molar-refractivity contribution in [2.75, 3.05) is 24.6 Å². The maximum atomic E-state index is 14.9. The van der Waals surface area contributed by atoms with Crippen molar-refractivity contribution in [2.45, 2.75) is 46.6 Å². The lowest BCUT2D eigenvalue weighted by atomic mass is 10.1. The first-order chi connectivity index (χ1) is 14.3. The number of carbonyl (C=O) groups is 1. The van der Waals surface area contributed by atoms with Crippen molar-refractivity contribution >= 4 is 11.7 Å². The molecule has 2 heterocycles. The Kier molecular flexibility index (Phi) is 6.84. The number of benzene rings is 1. The number of hydrogen-bond donors (Lipinski definition) is 0. The number of halogens is 2. The highest BCUT2D eigenvalue weighted by Crippen LogP contribution is 2.33. The fourth-order valence-corrected chi connectivity index (χ4v) is 3.63. The lowest BCUT2D eigenvalue weighted by Crippen LogP contribution is -2.23. The number of ether oxygens (including phenoxy) is 2. The predicted octanol–water partition coefficient (Wildman–Crippen LogP) is 4.30. The van der Waals surface area contributed by atoms with Crippen LogP contribution < -0.4 is 9.64 Å². The molecule has 162 valence electrons. The van der Waals surface area contributed by atoms with Gasteiger partial charge in [0.05, 0.1) is 19.1 Å². The molecule has 1 atom stereocenters. The molecule has 3 rings (SSSR count). The second-order valence-electron chi connectivity index (χ2n) is 7.74. The van der Waals surface area contributed by atoms with Crippen LogP contribution in [0, 0.1) is 24.5 Å². The van der Waals surface area contributed by atoms with E-state index in [2.05, 4.69) is 9.97 Å². The zero-order chi connectivity index (χ0) is 21.8. The van der Waals surface area contributed by atoms with Gasteiger partial charge in [0, 0.05) is 30.4 Å². The number of rotatable bonds is 7. The van der Waals surface area contributed by atoms with Crippen LogP contribution in [0.25, 0.3) is 11.4 Å². The minimum Gasteiger partial charge on any atom is -0.475 e. The zero-order valence-electron chi connectivity index (χ0n) is 17.7. The van der Waals surface area contributed by atoms with E-state index < -0.39 is 11.6 Å². The predicted molar refractivity (Wildman–Crippen MR) is 109 cm³/mol. The van der Waals surface area contributed by atoms with Crippen LogP contribution in [0.3, 0.4) is 0 Å². The van der Waals surface area contributed by atoms with Gasteiger partial charge in [0.2, 0.25) is 5.88 Å². The minimum absolute atomic E-state index is 0.0124. The molecule has 1 aromatic carbocycles. The average molecular weight is 419 g/mol. The molecule has 8 heteroatoms. The van der Waals surface area contributed by atoms with Crippen LogP contribution in [0.5, 0.6) is 5.88 Å². The topological polar surface area (TPSA) is 64.5 Å². The number of carbonyl (C=O) groups excluding carboxylic acids is 1. The quantitative estimate of drug-likeness (QED) is 0.624. The molecule has 0 bridgehead atoms. The van der Waals surface area contributed by atoms with E-state index >= 15 is 0 Å². The first-order valence-electron chi connectivity index (χ1n) is 10.2. The molecule has 0 aliphatic carbocycles. The Morgan fingerprint density at radius 2 is 1.93 bits per heavy atom. The van der Waals surface area contributed by atoms with Gasteiger partial charge in [-0.05, 0) is 52.2 Å². The summed E-state index contributed by atoms with van der Waals surface area (Å²) in [7, 11) is 0. The summed E-state index contributed by atoms with van der Waals surface area (Å²) in [6.45, 7) is 8.47. The molecule has 1 aromatic heterocycles. The maximum absolute atomic E-state index is 14.9. The van der Waals surface area contributed by atoms with Crippen LogP contribution in [-0.4, -0.2) is 41.7 Å². The highest BCUT2D eigenvalue weighted by molar-refractivity contribution is 5.70. The molecule has 6 nitrogen and oxygen atoms in total. The molecular weight excluding hydrogens is 392 g/mol. The van der Waals surface area contributed by atoms with Crippen LogP contribution in [0.4, 0.5) is 14.5 Å². The number of aromatic nitrogens is 2. The zero-order valence-corrected chi connectivity index (χ0v) is 17.7. The van der Waals surface area contributed by atoms with Crippen LogP contribution in [0.2, 0.25) is 0 Å². The summed E-state index contributed by atoms with van der Waals surface area (Å²) in [4.78, 5) is 21.9. The Hall–Kier alpha value is -2.77. The van der Waals surface area contributed by atoms with Gasteiger partial charge in [-0.2, -0.15) is 4.98 Å².